The lowest BCUT2D eigenvalue weighted by Gasteiger charge is -2.12. The molecule has 0 aromatic carbocycles. The van der Waals surface area contributed by atoms with Gasteiger partial charge in [-0.1, -0.05) is 0 Å². The number of rotatable bonds is 5. The van der Waals surface area contributed by atoms with Crippen LogP contribution >= 0.6 is 0 Å². The Balaban J connectivity index is 2.79. The molecule has 0 aliphatic carbocycles. The number of amides is 1. The van der Waals surface area contributed by atoms with Crippen LogP contribution in [0, 0.1) is 11.3 Å². The van der Waals surface area contributed by atoms with Crippen LogP contribution in [0.4, 0.5) is 4.79 Å². The van der Waals surface area contributed by atoms with Crippen LogP contribution in [0.2, 0.25) is 0 Å². The minimum Gasteiger partial charge on any atom is -0.461 e. The van der Waals surface area contributed by atoms with Gasteiger partial charge in [0.25, 0.3) is 0 Å². The first-order valence-electron chi connectivity index (χ1n) is 5.48. The minimum atomic E-state index is -0.629. The van der Waals surface area contributed by atoms with Gasteiger partial charge in [0.2, 0.25) is 0 Å². The summed E-state index contributed by atoms with van der Waals surface area (Å²) in [5, 5.41) is 11.3. The Hall–Kier alpha value is -2.69. The van der Waals surface area contributed by atoms with E-state index in [1.807, 2.05) is 6.07 Å². The van der Waals surface area contributed by atoms with E-state index < -0.39 is 12.1 Å². The van der Waals surface area contributed by atoms with E-state index in [9.17, 15) is 9.59 Å². The van der Waals surface area contributed by atoms with Crippen LogP contribution < -0.4 is 10.7 Å². The number of nitrogens with zero attached hydrogens (tertiary/aromatic N) is 2. The zero-order valence-corrected chi connectivity index (χ0v) is 10.6. The zero-order valence-electron chi connectivity index (χ0n) is 10.6. The maximum atomic E-state index is 11.6. The number of hydrogen-bond acceptors (Lipinski definition) is 6. The van der Waals surface area contributed by atoms with E-state index in [0.29, 0.717) is 0 Å². The Kier molecular flexibility index (Phi) is 5.22. The summed E-state index contributed by atoms with van der Waals surface area (Å²) in [6.07, 6.45) is -0.629. The third kappa shape index (κ3) is 3.64. The molecule has 0 radical (unpaired) electrons. The number of carbonyl (C=O) groups is 2. The highest BCUT2D eigenvalue weighted by Crippen LogP contribution is 2.07. The van der Waals surface area contributed by atoms with E-state index in [2.05, 4.69) is 15.5 Å². The van der Waals surface area contributed by atoms with Gasteiger partial charge in [0.1, 0.15) is 24.1 Å². The molecule has 1 heterocycles. The van der Waals surface area contributed by atoms with Crippen LogP contribution in [0.5, 0.6) is 0 Å². The lowest BCUT2D eigenvalue weighted by molar-refractivity contribution is 0.0515. The van der Waals surface area contributed by atoms with Gasteiger partial charge in [-0.05, 0) is 19.1 Å². The number of nitriles is 1. The Morgan fingerprint density at radius 3 is 2.79 bits per heavy atom. The van der Waals surface area contributed by atoms with Gasteiger partial charge in [0.05, 0.1) is 13.7 Å². The number of hydrogen-bond donors (Lipinski definition) is 2. The molecule has 0 bridgehead atoms. The van der Waals surface area contributed by atoms with Gasteiger partial charge < -0.3 is 20.2 Å². The topological polar surface area (TPSA) is 105 Å². The molecule has 0 aliphatic heterocycles. The van der Waals surface area contributed by atoms with Crippen LogP contribution in [-0.2, 0) is 9.47 Å². The molecule has 1 aromatic heterocycles. The van der Waals surface area contributed by atoms with Crippen molar-refractivity contribution in [3.63, 3.8) is 0 Å². The molecule has 0 saturated carbocycles. The Labute approximate surface area is 109 Å². The fourth-order valence-electron chi connectivity index (χ4n) is 1.32. The molecule has 102 valence electrons. The molecule has 2 N–H and O–H groups in total. The van der Waals surface area contributed by atoms with Gasteiger partial charge in [0, 0.05) is 0 Å². The summed E-state index contributed by atoms with van der Waals surface area (Å²) in [4.78, 5) is 22.5. The monoisotopic (exact) mass is 266 g/mol. The van der Waals surface area contributed by atoms with Crippen molar-refractivity contribution in [1.82, 2.24) is 9.99 Å². The highest BCUT2D eigenvalue weighted by atomic mass is 16.5. The average molecular weight is 266 g/mol. The van der Waals surface area contributed by atoms with Gasteiger partial charge in [-0.2, -0.15) is 5.26 Å². The molecule has 8 heteroatoms. The first kappa shape index (κ1) is 14.4. The number of esters is 1. The van der Waals surface area contributed by atoms with Crippen molar-refractivity contribution in [2.45, 2.75) is 6.92 Å². The van der Waals surface area contributed by atoms with Crippen LogP contribution in [0.1, 0.15) is 23.1 Å². The second-order valence-corrected chi connectivity index (χ2v) is 3.27. The standard InChI is InChI=1S/C11H14N4O4/c1-3-19-10(16)9-5-4-8(6-12)15(9)14-7-13-11(17)18-2/h4-5,14H,3,7H2,1-2H3,(H,13,17). The van der Waals surface area contributed by atoms with Gasteiger partial charge in [-0.15, -0.1) is 0 Å². The molecule has 0 spiro atoms. The highest BCUT2D eigenvalue weighted by Gasteiger charge is 2.15. The Morgan fingerprint density at radius 2 is 2.21 bits per heavy atom. The van der Waals surface area contributed by atoms with E-state index in [-0.39, 0.29) is 24.7 Å². The molecule has 0 aliphatic rings. The molecule has 0 unspecified atom stereocenters. The predicted octanol–water partition coefficient (Wildman–Crippen LogP) is 0.393. The van der Waals surface area contributed by atoms with Crippen molar-refractivity contribution in [3.05, 3.63) is 23.5 Å². The molecular formula is C11H14N4O4. The van der Waals surface area contributed by atoms with E-state index in [1.165, 1.54) is 23.9 Å². The molecule has 0 atom stereocenters. The molecule has 1 rings (SSSR count). The molecule has 8 nitrogen and oxygen atoms in total. The molecule has 1 amide bonds. The van der Waals surface area contributed by atoms with Gasteiger partial charge >= 0.3 is 12.1 Å². The highest BCUT2D eigenvalue weighted by molar-refractivity contribution is 5.88. The van der Waals surface area contributed by atoms with Crippen molar-refractivity contribution in [3.8, 4) is 6.07 Å². The molecule has 19 heavy (non-hydrogen) atoms. The van der Waals surface area contributed by atoms with Crippen molar-refractivity contribution in [2.24, 2.45) is 0 Å². The maximum Gasteiger partial charge on any atom is 0.408 e. The second-order valence-electron chi connectivity index (χ2n) is 3.27. The van der Waals surface area contributed by atoms with E-state index in [0.717, 1.165) is 0 Å². The number of nitrogens with one attached hydrogen (secondary N) is 2. The van der Waals surface area contributed by atoms with Gasteiger partial charge in [-0.25, -0.2) is 14.3 Å². The fourth-order valence-corrected chi connectivity index (χ4v) is 1.32. The zero-order chi connectivity index (χ0) is 14.3. The van der Waals surface area contributed by atoms with E-state index >= 15 is 0 Å². The normalized spacial score (nSPS) is 9.32. The van der Waals surface area contributed by atoms with Crippen LogP contribution in [0.15, 0.2) is 12.1 Å². The van der Waals surface area contributed by atoms with Crippen molar-refractivity contribution in [2.75, 3.05) is 25.8 Å². The lowest BCUT2D eigenvalue weighted by atomic mass is 10.4. The largest absolute Gasteiger partial charge is 0.461 e. The summed E-state index contributed by atoms with van der Waals surface area (Å²) in [6, 6.07) is 4.84. The molecule has 1 aromatic rings. The summed E-state index contributed by atoms with van der Waals surface area (Å²) in [5.41, 5.74) is 3.09. The first-order chi connectivity index (χ1) is 9.13. The van der Waals surface area contributed by atoms with Gasteiger partial charge in [0.15, 0.2) is 0 Å². The molecular weight excluding hydrogens is 252 g/mol. The van der Waals surface area contributed by atoms with Crippen molar-refractivity contribution >= 4 is 12.1 Å². The molecule has 0 fully saturated rings. The number of carbonyl (C=O) groups excluding carboxylic acids is 2. The molecule has 0 saturated heterocycles. The smallest absolute Gasteiger partial charge is 0.408 e. The predicted molar refractivity (Wildman–Crippen MR) is 64.9 cm³/mol. The average Bonchev–Trinajstić information content (AvgIpc) is 2.81. The first-order valence-corrected chi connectivity index (χ1v) is 5.48. The Bertz CT molecular complexity index is 503. The van der Waals surface area contributed by atoms with Crippen molar-refractivity contribution in [1.29, 1.82) is 5.26 Å². The number of alkyl carbamates (subject to hydrolysis) is 1. The summed E-state index contributed by atoms with van der Waals surface area (Å²) >= 11 is 0. The minimum absolute atomic E-state index is 0.0115. The summed E-state index contributed by atoms with van der Waals surface area (Å²) in [6.45, 7) is 1.90. The summed E-state index contributed by atoms with van der Waals surface area (Å²) in [5.74, 6) is -0.561. The second kappa shape index (κ2) is 6.90. The summed E-state index contributed by atoms with van der Waals surface area (Å²) < 4.78 is 10.5. The lowest BCUT2D eigenvalue weighted by Crippen LogP contribution is -2.34. The quantitative estimate of drug-likeness (QED) is 0.590. The fraction of sp³-hybridized carbons (Fsp3) is 0.364. The third-order valence-electron chi connectivity index (χ3n) is 2.14. The van der Waals surface area contributed by atoms with Crippen LogP contribution in [0.25, 0.3) is 0 Å². The number of methoxy groups -OCH3 is 1. The van der Waals surface area contributed by atoms with Crippen LogP contribution in [0.3, 0.4) is 0 Å². The Morgan fingerprint density at radius 1 is 1.47 bits per heavy atom. The third-order valence-corrected chi connectivity index (χ3v) is 2.14. The van der Waals surface area contributed by atoms with Crippen LogP contribution in [-0.4, -0.2) is 37.1 Å². The number of aromatic nitrogens is 1. The maximum absolute atomic E-state index is 11.6. The van der Waals surface area contributed by atoms with Crippen molar-refractivity contribution < 1.29 is 19.1 Å². The summed E-state index contributed by atoms with van der Waals surface area (Å²) in [7, 11) is 1.23. The van der Waals surface area contributed by atoms with E-state index in [4.69, 9.17) is 10.00 Å². The number of ether oxygens (including phenoxy) is 2. The van der Waals surface area contributed by atoms with Gasteiger partial charge in [-0.3, -0.25) is 0 Å². The SMILES string of the molecule is CCOC(=O)c1ccc(C#N)n1NCNC(=O)OC. The van der Waals surface area contributed by atoms with E-state index in [1.54, 1.807) is 6.92 Å².